The van der Waals surface area contributed by atoms with E-state index >= 15 is 0 Å². The summed E-state index contributed by atoms with van der Waals surface area (Å²) in [7, 11) is 0. The summed E-state index contributed by atoms with van der Waals surface area (Å²) in [4.78, 5) is 16.6. The molecule has 0 atom stereocenters. The second-order valence-corrected chi connectivity index (χ2v) is 5.32. The molecule has 1 N–H and O–H groups in total. The third kappa shape index (κ3) is 3.34. The van der Waals surface area contributed by atoms with Crippen LogP contribution in [0.25, 0.3) is 11.0 Å². The smallest absolute Gasteiger partial charge is 0.264 e. The Morgan fingerprint density at radius 3 is 2.65 bits per heavy atom. The summed E-state index contributed by atoms with van der Waals surface area (Å²) in [5, 5.41) is 2.82. The van der Waals surface area contributed by atoms with E-state index in [1.165, 1.54) is 0 Å². The van der Waals surface area contributed by atoms with Crippen LogP contribution in [0.2, 0.25) is 0 Å². The second-order valence-electron chi connectivity index (χ2n) is 5.32. The minimum atomic E-state index is -0.226. The molecule has 118 valence electrons. The van der Waals surface area contributed by atoms with Crippen molar-refractivity contribution in [3.63, 3.8) is 0 Å². The summed E-state index contributed by atoms with van der Waals surface area (Å²) in [6.07, 6.45) is 0. The lowest BCUT2D eigenvalue weighted by Gasteiger charge is -2.09. The van der Waals surface area contributed by atoms with Gasteiger partial charge < -0.3 is 9.30 Å². The molecule has 0 aliphatic carbocycles. The van der Waals surface area contributed by atoms with Gasteiger partial charge in [0.05, 0.1) is 11.0 Å². The molecule has 0 aliphatic rings. The number of nitrogens with one attached hydrogen (secondary N) is 1. The Morgan fingerprint density at radius 2 is 1.91 bits per heavy atom. The van der Waals surface area contributed by atoms with Crippen molar-refractivity contribution in [2.24, 2.45) is 0 Å². The van der Waals surface area contributed by atoms with E-state index < -0.39 is 0 Å². The number of hydrogen-bond acceptors (Lipinski definition) is 3. The van der Waals surface area contributed by atoms with Crippen molar-refractivity contribution < 1.29 is 9.53 Å². The number of carbonyl (C=O) groups is 1. The first-order chi connectivity index (χ1) is 11.2. The SMILES string of the molecule is CCn1c(NC(=O)COc2ccc(C)cc2)nc2ccccc21. The van der Waals surface area contributed by atoms with Crippen molar-refractivity contribution >= 4 is 22.9 Å². The molecule has 3 aromatic rings. The fraction of sp³-hybridized carbons (Fsp3) is 0.222. The number of imidazole rings is 1. The number of nitrogens with zero attached hydrogens (tertiary/aromatic N) is 2. The summed E-state index contributed by atoms with van der Waals surface area (Å²) >= 11 is 0. The van der Waals surface area contributed by atoms with Gasteiger partial charge >= 0.3 is 0 Å². The Labute approximate surface area is 134 Å². The first kappa shape index (κ1) is 15.1. The molecule has 2 aromatic carbocycles. The molecule has 23 heavy (non-hydrogen) atoms. The van der Waals surface area contributed by atoms with Crippen LogP contribution in [-0.2, 0) is 11.3 Å². The van der Waals surface area contributed by atoms with Crippen LogP contribution in [0.15, 0.2) is 48.5 Å². The molecule has 3 rings (SSSR count). The fourth-order valence-corrected chi connectivity index (χ4v) is 2.44. The molecule has 0 spiro atoms. The highest BCUT2D eigenvalue weighted by molar-refractivity contribution is 5.92. The summed E-state index contributed by atoms with van der Waals surface area (Å²) in [6, 6.07) is 15.4. The zero-order valence-electron chi connectivity index (χ0n) is 13.2. The van der Waals surface area contributed by atoms with Crippen LogP contribution in [0.4, 0.5) is 5.95 Å². The predicted molar refractivity (Wildman–Crippen MR) is 90.7 cm³/mol. The first-order valence-electron chi connectivity index (χ1n) is 7.62. The lowest BCUT2D eigenvalue weighted by Crippen LogP contribution is -2.22. The van der Waals surface area contributed by atoms with Gasteiger partial charge in [-0.05, 0) is 38.1 Å². The highest BCUT2D eigenvalue weighted by atomic mass is 16.5. The Bertz CT molecular complexity index is 822. The van der Waals surface area contributed by atoms with E-state index in [-0.39, 0.29) is 12.5 Å². The molecular weight excluding hydrogens is 290 g/mol. The molecule has 1 heterocycles. The molecule has 1 aromatic heterocycles. The number of carbonyl (C=O) groups excluding carboxylic acids is 1. The van der Waals surface area contributed by atoms with Crippen molar-refractivity contribution in [1.82, 2.24) is 9.55 Å². The Hall–Kier alpha value is -2.82. The Morgan fingerprint density at radius 1 is 1.17 bits per heavy atom. The number of para-hydroxylation sites is 2. The zero-order chi connectivity index (χ0) is 16.2. The van der Waals surface area contributed by atoms with Crippen molar-refractivity contribution in [1.29, 1.82) is 0 Å². The molecule has 0 fully saturated rings. The van der Waals surface area contributed by atoms with Gasteiger partial charge in [0.1, 0.15) is 5.75 Å². The van der Waals surface area contributed by atoms with E-state index in [4.69, 9.17) is 4.74 Å². The Kier molecular flexibility index (Phi) is 4.28. The van der Waals surface area contributed by atoms with Crippen LogP contribution in [-0.4, -0.2) is 22.1 Å². The average molecular weight is 309 g/mol. The van der Waals surface area contributed by atoms with E-state index in [1.807, 2.05) is 66.9 Å². The van der Waals surface area contributed by atoms with Gasteiger partial charge in [0, 0.05) is 6.54 Å². The van der Waals surface area contributed by atoms with Gasteiger partial charge in [0.25, 0.3) is 5.91 Å². The molecule has 0 saturated carbocycles. The number of anilines is 1. The molecule has 1 amide bonds. The van der Waals surface area contributed by atoms with Crippen molar-refractivity contribution in [2.75, 3.05) is 11.9 Å². The predicted octanol–water partition coefficient (Wildman–Crippen LogP) is 3.38. The minimum Gasteiger partial charge on any atom is -0.484 e. The maximum atomic E-state index is 12.1. The Balaban J connectivity index is 1.69. The number of benzene rings is 2. The molecule has 5 heteroatoms. The monoisotopic (exact) mass is 309 g/mol. The summed E-state index contributed by atoms with van der Waals surface area (Å²) in [5.41, 5.74) is 3.02. The highest BCUT2D eigenvalue weighted by Gasteiger charge is 2.12. The number of aryl methyl sites for hydroxylation is 2. The summed E-state index contributed by atoms with van der Waals surface area (Å²) < 4.78 is 7.46. The van der Waals surface area contributed by atoms with Crippen LogP contribution < -0.4 is 10.1 Å². The normalized spacial score (nSPS) is 10.7. The quantitative estimate of drug-likeness (QED) is 0.786. The van der Waals surface area contributed by atoms with Gasteiger partial charge in [-0.1, -0.05) is 29.8 Å². The third-order valence-corrected chi connectivity index (χ3v) is 3.61. The summed E-state index contributed by atoms with van der Waals surface area (Å²) in [5.74, 6) is 0.997. The van der Waals surface area contributed by atoms with Crippen molar-refractivity contribution in [2.45, 2.75) is 20.4 Å². The number of fused-ring (bicyclic) bond motifs is 1. The standard InChI is InChI=1S/C18H19N3O2/c1-3-21-16-7-5-4-6-15(16)19-18(21)20-17(22)12-23-14-10-8-13(2)9-11-14/h4-11H,3,12H2,1-2H3,(H,19,20,22). The molecule has 0 aliphatic heterocycles. The number of aromatic nitrogens is 2. The van der Waals surface area contributed by atoms with Gasteiger partial charge in [0.2, 0.25) is 5.95 Å². The maximum absolute atomic E-state index is 12.1. The lowest BCUT2D eigenvalue weighted by atomic mass is 10.2. The van der Waals surface area contributed by atoms with Gasteiger partial charge in [0.15, 0.2) is 6.61 Å². The molecule has 0 bridgehead atoms. The average Bonchev–Trinajstić information content (AvgIpc) is 2.91. The van der Waals surface area contributed by atoms with E-state index in [0.29, 0.717) is 11.7 Å². The third-order valence-electron chi connectivity index (χ3n) is 3.61. The zero-order valence-corrected chi connectivity index (χ0v) is 13.2. The number of ether oxygens (including phenoxy) is 1. The fourth-order valence-electron chi connectivity index (χ4n) is 2.44. The number of hydrogen-bond donors (Lipinski definition) is 1. The largest absolute Gasteiger partial charge is 0.484 e. The summed E-state index contributed by atoms with van der Waals surface area (Å²) in [6.45, 7) is 4.71. The van der Waals surface area contributed by atoms with Crippen LogP contribution in [0.3, 0.4) is 0 Å². The van der Waals surface area contributed by atoms with Gasteiger partial charge in [-0.3, -0.25) is 10.1 Å². The lowest BCUT2D eigenvalue weighted by molar-refractivity contribution is -0.118. The first-order valence-corrected chi connectivity index (χ1v) is 7.62. The van der Waals surface area contributed by atoms with Crippen LogP contribution >= 0.6 is 0 Å². The number of rotatable bonds is 5. The van der Waals surface area contributed by atoms with Crippen molar-refractivity contribution in [3.8, 4) is 5.75 Å². The second kappa shape index (κ2) is 6.52. The van der Waals surface area contributed by atoms with E-state index in [2.05, 4.69) is 10.3 Å². The minimum absolute atomic E-state index is 0.0457. The highest BCUT2D eigenvalue weighted by Crippen LogP contribution is 2.19. The van der Waals surface area contributed by atoms with E-state index in [1.54, 1.807) is 0 Å². The van der Waals surface area contributed by atoms with Crippen LogP contribution in [0.5, 0.6) is 5.75 Å². The van der Waals surface area contributed by atoms with Gasteiger partial charge in [-0.2, -0.15) is 0 Å². The van der Waals surface area contributed by atoms with Crippen molar-refractivity contribution in [3.05, 3.63) is 54.1 Å². The molecule has 0 unspecified atom stereocenters. The van der Waals surface area contributed by atoms with Crippen LogP contribution in [0, 0.1) is 6.92 Å². The van der Waals surface area contributed by atoms with E-state index in [0.717, 1.165) is 23.1 Å². The molecule has 0 radical (unpaired) electrons. The van der Waals surface area contributed by atoms with E-state index in [9.17, 15) is 4.79 Å². The molecular formula is C18H19N3O2. The van der Waals surface area contributed by atoms with Crippen LogP contribution in [0.1, 0.15) is 12.5 Å². The van der Waals surface area contributed by atoms with Gasteiger partial charge in [-0.25, -0.2) is 4.98 Å². The van der Waals surface area contributed by atoms with Gasteiger partial charge in [-0.15, -0.1) is 0 Å². The molecule has 0 saturated heterocycles. The number of amides is 1. The maximum Gasteiger partial charge on any atom is 0.264 e. The topological polar surface area (TPSA) is 56.2 Å². The molecule has 5 nitrogen and oxygen atoms in total.